The molecule has 0 radical (unpaired) electrons. The first kappa shape index (κ1) is 8.78. The molecule has 0 aromatic heterocycles. The Morgan fingerprint density at radius 2 is 2.30 bits per heavy atom. The Morgan fingerprint density at radius 1 is 1.80 bits per heavy atom. The zero-order valence-electron chi connectivity index (χ0n) is 5.87. The van der Waals surface area contributed by atoms with Crippen LogP contribution < -0.4 is 5.11 Å². The van der Waals surface area contributed by atoms with E-state index in [0.717, 1.165) is 0 Å². The lowest BCUT2D eigenvalue weighted by Gasteiger charge is -2.22. The Morgan fingerprint density at radius 3 is 2.60 bits per heavy atom. The van der Waals surface area contributed by atoms with Gasteiger partial charge < -0.3 is 9.90 Å². The van der Waals surface area contributed by atoms with Crippen molar-refractivity contribution in [2.75, 3.05) is 6.54 Å². The van der Waals surface area contributed by atoms with Gasteiger partial charge in [0.1, 0.15) is 0 Å². The Kier molecular flexibility index (Phi) is 2.70. The fourth-order valence-corrected chi connectivity index (χ4v) is 0.273. The molecule has 5 heteroatoms. The van der Waals surface area contributed by atoms with Gasteiger partial charge in [-0.1, -0.05) is 19.0 Å². The summed E-state index contributed by atoms with van der Waals surface area (Å²) in [7, 11) is 0. The van der Waals surface area contributed by atoms with E-state index in [0.29, 0.717) is 0 Å². The summed E-state index contributed by atoms with van der Waals surface area (Å²) in [5.41, 5.74) is 6.79. The van der Waals surface area contributed by atoms with Gasteiger partial charge in [0.05, 0.1) is 0 Å². The summed E-state index contributed by atoms with van der Waals surface area (Å²) >= 11 is 0. The van der Waals surface area contributed by atoms with Crippen LogP contribution in [0, 0.1) is 5.41 Å². The first-order valence-corrected chi connectivity index (χ1v) is 2.73. The van der Waals surface area contributed by atoms with Gasteiger partial charge >= 0.3 is 0 Å². The van der Waals surface area contributed by atoms with Crippen LogP contribution in [0.25, 0.3) is 10.4 Å². The van der Waals surface area contributed by atoms with Crippen molar-refractivity contribution in [3.8, 4) is 0 Å². The number of carboxylic acids is 1. The van der Waals surface area contributed by atoms with Crippen LogP contribution in [0.3, 0.4) is 0 Å². The molecule has 0 rings (SSSR count). The van der Waals surface area contributed by atoms with Crippen LogP contribution in [-0.2, 0) is 4.79 Å². The summed E-state index contributed by atoms with van der Waals surface area (Å²) in [6, 6.07) is 0. The van der Waals surface area contributed by atoms with Gasteiger partial charge in [-0.25, -0.2) is 0 Å². The average molecular weight is 142 g/mol. The molecule has 0 aromatic rings. The van der Waals surface area contributed by atoms with Gasteiger partial charge in [0.25, 0.3) is 0 Å². The number of nitrogens with zero attached hydrogens (tertiary/aromatic N) is 3. The predicted octanol–water partition coefficient (Wildman–Crippen LogP) is 0.0728. The van der Waals surface area contributed by atoms with Crippen LogP contribution in [-0.4, -0.2) is 12.5 Å². The van der Waals surface area contributed by atoms with E-state index in [1.807, 2.05) is 0 Å². The Balaban J connectivity index is 4.12. The maximum absolute atomic E-state index is 10.2. The first-order valence-electron chi connectivity index (χ1n) is 2.73. The van der Waals surface area contributed by atoms with Crippen LogP contribution in [0.5, 0.6) is 0 Å². The summed E-state index contributed by atoms with van der Waals surface area (Å²) in [5, 5.41) is 13.4. The molecular weight excluding hydrogens is 134 g/mol. The zero-order chi connectivity index (χ0) is 8.20. The minimum atomic E-state index is -1.21. The van der Waals surface area contributed by atoms with Crippen molar-refractivity contribution in [3.05, 3.63) is 10.4 Å². The highest BCUT2D eigenvalue weighted by Crippen LogP contribution is 2.13. The van der Waals surface area contributed by atoms with Crippen molar-refractivity contribution in [3.63, 3.8) is 0 Å². The topological polar surface area (TPSA) is 88.9 Å². The number of hydrogen-bond donors (Lipinski definition) is 0. The van der Waals surface area contributed by atoms with Crippen LogP contribution in [0.4, 0.5) is 0 Å². The van der Waals surface area contributed by atoms with E-state index in [1.165, 1.54) is 13.8 Å². The number of carboxylic acid groups (broad SMARTS) is 1. The average Bonchev–Trinajstić information content (AvgIpc) is 1.84. The van der Waals surface area contributed by atoms with Crippen molar-refractivity contribution >= 4 is 5.97 Å². The maximum Gasteiger partial charge on any atom is 0.0472 e. The Hall–Kier alpha value is -1.22. The van der Waals surface area contributed by atoms with E-state index >= 15 is 0 Å². The van der Waals surface area contributed by atoms with Crippen molar-refractivity contribution < 1.29 is 9.90 Å². The number of rotatable bonds is 3. The van der Waals surface area contributed by atoms with Gasteiger partial charge in [-0.05, 0) is 5.53 Å². The standard InChI is InChI=1S/C5H9N3O2/c1-5(2,4(9)10)3-7-8-6/h3H2,1-2H3,(H,9,10)/p-1. The summed E-state index contributed by atoms with van der Waals surface area (Å²) in [6.45, 7) is 2.81. The lowest BCUT2D eigenvalue weighted by molar-refractivity contribution is -0.316. The molecule has 0 spiro atoms. The number of aliphatic carboxylic acids is 1. The molecule has 0 bridgehead atoms. The van der Waals surface area contributed by atoms with Crippen molar-refractivity contribution in [1.29, 1.82) is 0 Å². The van der Waals surface area contributed by atoms with Gasteiger partial charge in [-0.15, -0.1) is 0 Å². The lowest BCUT2D eigenvalue weighted by Crippen LogP contribution is -2.39. The molecule has 0 amide bonds. The first-order chi connectivity index (χ1) is 4.50. The Labute approximate surface area is 58.3 Å². The monoisotopic (exact) mass is 142 g/mol. The third-order valence-electron chi connectivity index (χ3n) is 1.08. The number of azide groups is 1. The van der Waals surface area contributed by atoms with Crippen LogP contribution >= 0.6 is 0 Å². The third-order valence-corrected chi connectivity index (χ3v) is 1.08. The summed E-state index contributed by atoms with van der Waals surface area (Å²) in [6.07, 6.45) is 0. The molecule has 0 saturated carbocycles. The van der Waals surface area contributed by atoms with E-state index in [1.54, 1.807) is 0 Å². The van der Waals surface area contributed by atoms with Gasteiger partial charge in [0, 0.05) is 22.8 Å². The number of carbonyl (C=O) groups excluding carboxylic acids is 1. The molecule has 0 aliphatic heterocycles. The summed E-state index contributed by atoms with van der Waals surface area (Å²) in [5.74, 6) is -1.21. The molecule has 0 N–H and O–H groups in total. The molecule has 10 heavy (non-hydrogen) atoms. The second-order valence-corrected chi connectivity index (χ2v) is 2.56. The summed E-state index contributed by atoms with van der Waals surface area (Å²) in [4.78, 5) is 12.7. The highest BCUT2D eigenvalue weighted by Gasteiger charge is 2.17. The predicted molar refractivity (Wildman–Crippen MR) is 32.8 cm³/mol. The fourth-order valence-electron chi connectivity index (χ4n) is 0.273. The molecule has 5 nitrogen and oxygen atoms in total. The van der Waals surface area contributed by atoms with Gasteiger partial charge in [0.2, 0.25) is 0 Å². The van der Waals surface area contributed by atoms with E-state index < -0.39 is 11.4 Å². The second kappa shape index (κ2) is 3.08. The van der Waals surface area contributed by atoms with Gasteiger partial charge in [-0.2, -0.15) is 0 Å². The smallest absolute Gasteiger partial charge is 0.0472 e. The van der Waals surface area contributed by atoms with Crippen LogP contribution in [0.2, 0.25) is 0 Å². The van der Waals surface area contributed by atoms with Gasteiger partial charge in [0.15, 0.2) is 0 Å². The molecule has 0 saturated heterocycles. The van der Waals surface area contributed by atoms with Crippen molar-refractivity contribution in [1.82, 2.24) is 0 Å². The summed E-state index contributed by atoms with van der Waals surface area (Å²) < 4.78 is 0. The lowest BCUT2D eigenvalue weighted by atomic mass is 9.94. The van der Waals surface area contributed by atoms with E-state index in [9.17, 15) is 9.90 Å². The van der Waals surface area contributed by atoms with E-state index in [4.69, 9.17) is 5.53 Å². The Bertz CT molecular complexity index is 181. The van der Waals surface area contributed by atoms with Crippen LogP contribution in [0.1, 0.15) is 13.8 Å². The minimum Gasteiger partial charge on any atom is -0.550 e. The largest absolute Gasteiger partial charge is 0.550 e. The van der Waals surface area contributed by atoms with Gasteiger partial charge in [-0.3, -0.25) is 0 Å². The quantitative estimate of drug-likeness (QED) is 0.317. The molecule has 0 aliphatic rings. The van der Waals surface area contributed by atoms with Crippen LogP contribution in [0.15, 0.2) is 5.11 Å². The SMILES string of the molecule is CC(C)(CN=[N+]=[N-])C(=O)[O-]. The molecule has 0 atom stereocenters. The van der Waals surface area contributed by atoms with E-state index in [2.05, 4.69) is 10.0 Å². The molecule has 0 unspecified atom stereocenters. The second-order valence-electron chi connectivity index (χ2n) is 2.56. The molecular formula is C5H8N3O2-. The molecule has 0 aromatic carbocycles. The van der Waals surface area contributed by atoms with Crippen molar-refractivity contribution in [2.45, 2.75) is 13.8 Å². The van der Waals surface area contributed by atoms with Crippen molar-refractivity contribution in [2.24, 2.45) is 10.5 Å². The minimum absolute atomic E-state index is 0.0775. The number of carbonyl (C=O) groups is 1. The molecule has 0 heterocycles. The third kappa shape index (κ3) is 2.37. The zero-order valence-corrected chi connectivity index (χ0v) is 5.87. The normalized spacial score (nSPS) is 10.2. The fraction of sp³-hybridized carbons (Fsp3) is 0.800. The van der Waals surface area contributed by atoms with E-state index in [-0.39, 0.29) is 6.54 Å². The maximum atomic E-state index is 10.2. The molecule has 0 fully saturated rings. The molecule has 0 aliphatic carbocycles. The highest BCUT2D eigenvalue weighted by molar-refractivity contribution is 5.71. The molecule has 56 valence electrons. The number of hydrogen-bond acceptors (Lipinski definition) is 3. The highest BCUT2D eigenvalue weighted by atomic mass is 16.4.